The molecule has 0 spiro atoms. The second kappa shape index (κ2) is 9.33. The zero-order valence-electron chi connectivity index (χ0n) is 14.8. The Bertz CT molecular complexity index is 819. The fraction of sp³-hybridized carbons (Fsp3) is 0.263. The molecule has 1 amide bonds. The van der Waals surface area contributed by atoms with Crippen molar-refractivity contribution in [3.63, 3.8) is 0 Å². The molecule has 1 atom stereocenters. The van der Waals surface area contributed by atoms with Gasteiger partial charge < -0.3 is 15.2 Å². The van der Waals surface area contributed by atoms with E-state index in [4.69, 9.17) is 9.84 Å². The third-order valence-electron chi connectivity index (χ3n) is 3.91. The molecule has 27 heavy (non-hydrogen) atoms. The van der Waals surface area contributed by atoms with E-state index in [0.717, 1.165) is 5.56 Å². The molecule has 2 aromatic rings. The van der Waals surface area contributed by atoms with E-state index in [1.807, 2.05) is 0 Å². The fourth-order valence-corrected chi connectivity index (χ4v) is 2.67. The van der Waals surface area contributed by atoms with Crippen molar-refractivity contribution in [1.82, 2.24) is 5.32 Å². The number of nitrogens with one attached hydrogen (secondary N) is 1. The molecule has 0 aliphatic rings. The Morgan fingerprint density at radius 3 is 2.48 bits per heavy atom. The average Bonchev–Trinajstić information content (AvgIpc) is 2.61. The lowest BCUT2D eigenvalue weighted by molar-refractivity contribution is -0.384. The number of methoxy groups -OCH3 is 1. The lowest BCUT2D eigenvalue weighted by atomic mass is 10.0. The standard InChI is InChI=1S/C19H20N2O6/c1-27-17-4-2-3-14(10-17)11-18(22)20-15(12-19(23)24)9-13-5-7-16(8-6-13)21(25)26/h2-8,10,15H,9,11-12H2,1H3,(H,20,22)(H,23,24)/t15-/m0/s1. The summed E-state index contributed by atoms with van der Waals surface area (Å²) in [7, 11) is 1.53. The van der Waals surface area contributed by atoms with Crippen LogP contribution in [-0.4, -0.2) is 35.1 Å². The Balaban J connectivity index is 2.03. The summed E-state index contributed by atoms with van der Waals surface area (Å²) in [6.45, 7) is 0. The molecule has 0 aliphatic carbocycles. The number of carbonyl (C=O) groups excluding carboxylic acids is 1. The van der Waals surface area contributed by atoms with Gasteiger partial charge in [-0.3, -0.25) is 19.7 Å². The summed E-state index contributed by atoms with van der Waals surface area (Å²) < 4.78 is 5.12. The molecule has 0 heterocycles. The van der Waals surface area contributed by atoms with Crippen LogP contribution in [0.4, 0.5) is 5.69 Å². The average molecular weight is 372 g/mol. The number of carbonyl (C=O) groups is 2. The van der Waals surface area contributed by atoms with Gasteiger partial charge in [0.25, 0.3) is 5.69 Å². The summed E-state index contributed by atoms with van der Waals surface area (Å²) in [6.07, 6.45) is 0.0998. The first kappa shape index (κ1) is 19.9. The van der Waals surface area contributed by atoms with Crippen LogP contribution >= 0.6 is 0 Å². The highest BCUT2D eigenvalue weighted by Crippen LogP contribution is 2.15. The minimum Gasteiger partial charge on any atom is -0.497 e. The van der Waals surface area contributed by atoms with Crippen LogP contribution in [0.3, 0.4) is 0 Å². The van der Waals surface area contributed by atoms with Gasteiger partial charge in [-0.15, -0.1) is 0 Å². The highest BCUT2D eigenvalue weighted by atomic mass is 16.6. The van der Waals surface area contributed by atoms with Gasteiger partial charge in [-0.25, -0.2) is 0 Å². The largest absolute Gasteiger partial charge is 0.497 e. The molecule has 0 unspecified atom stereocenters. The zero-order valence-corrected chi connectivity index (χ0v) is 14.8. The third-order valence-corrected chi connectivity index (χ3v) is 3.91. The molecule has 8 heteroatoms. The number of carboxylic acid groups (broad SMARTS) is 1. The Morgan fingerprint density at radius 1 is 1.19 bits per heavy atom. The quantitative estimate of drug-likeness (QED) is 0.515. The van der Waals surface area contributed by atoms with E-state index in [1.165, 1.54) is 19.2 Å². The molecule has 142 valence electrons. The van der Waals surface area contributed by atoms with E-state index < -0.39 is 16.9 Å². The maximum absolute atomic E-state index is 12.3. The van der Waals surface area contributed by atoms with Crippen molar-refractivity contribution in [3.8, 4) is 5.75 Å². The molecule has 0 aliphatic heterocycles. The number of nitrogens with zero attached hydrogens (tertiary/aromatic N) is 1. The van der Waals surface area contributed by atoms with Gasteiger partial charge in [0.15, 0.2) is 0 Å². The predicted molar refractivity (Wildman–Crippen MR) is 97.7 cm³/mol. The van der Waals surface area contributed by atoms with Crippen LogP contribution < -0.4 is 10.1 Å². The van der Waals surface area contributed by atoms with Gasteiger partial charge in [0.05, 0.1) is 24.9 Å². The zero-order chi connectivity index (χ0) is 19.8. The van der Waals surface area contributed by atoms with Crippen LogP contribution in [0.1, 0.15) is 17.5 Å². The van der Waals surface area contributed by atoms with Gasteiger partial charge in [-0.2, -0.15) is 0 Å². The highest BCUT2D eigenvalue weighted by molar-refractivity contribution is 5.79. The van der Waals surface area contributed by atoms with Crippen molar-refractivity contribution >= 4 is 17.6 Å². The topological polar surface area (TPSA) is 119 Å². The van der Waals surface area contributed by atoms with Crippen molar-refractivity contribution in [2.45, 2.75) is 25.3 Å². The molecular formula is C19H20N2O6. The molecule has 0 bridgehead atoms. The number of non-ortho nitro benzene ring substituents is 1. The molecule has 0 saturated heterocycles. The second-order valence-electron chi connectivity index (χ2n) is 6.02. The van der Waals surface area contributed by atoms with Crippen LogP contribution in [0, 0.1) is 10.1 Å². The summed E-state index contributed by atoms with van der Waals surface area (Å²) in [5.41, 5.74) is 1.40. The molecule has 2 aromatic carbocycles. The number of hydrogen-bond donors (Lipinski definition) is 2. The lowest BCUT2D eigenvalue weighted by Crippen LogP contribution is -2.38. The summed E-state index contributed by atoms with van der Waals surface area (Å²) in [5, 5.41) is 22.5. The normalized spacial score (nSPS) is 11.4. The van der Waals surface area contributed by atoms with Crippen LogP contribution in [0.15, 0.2) is 48.5 Å². The number of nitro benzene ring substituents is 1. The number of amides is 1. The summed E-state index contributed by atoms with van der Waals surface area (Å²) >= 11 is 0. The Hall–Kier alpha value is -3.42. The van der Waals surface area contributed by atoms with Gasteiger partial charge in [0.2, 0.25) is 5.91 Å². The molecule has 2 N–H and O–H groups in total. The minimum atomic E-state index is -1.04. The number of ether oxygens (including phenoxy) is 1. The monoisotopic (exact) mass is 372 g/mol. The Labute approximate surface area is 155 Å². The molecule has 0 radical (unpaired) electrons. The van der Waals surface area contributed by atoms with E-state index in [-0.39, 0.29) is 30.9 Å². The second-order valence-corrected chi connectivity index (χ2v) is 6.02. The maximum atomic E-state index is 12.3. The van der Waals surface area contributed by atoms with Crippen molar-refractivity contribution < 1.29 is 24.4 Å². The number of hydrogen-bond acceptors (Lipinski definition) is 5. The molecule has 0 fully saturated rings. The number of carboxylic acids is 1. The lowest BCUT2D eigenvalue weighted by Gasteiger charge is -2.17. The van der Waals surface area contributed by atoms with E-state index in [0.29, 0.717) is 11.3 Å². The van der Waals surface area contributed by atoms with E-state index >= 15 is 0 Å². The summed E-state index contributed by atoms with van der Waals surface area (Å²) in [6, 6.07) is 12.3. The molecule has 8 nitrogen and oxygen atoms in total. The number of benzene rings is 2. The van der Waals surface area contributed by atoms with E-state index in [2.05, 4.69) is 5.32 Å². The Morgan fingerprint density at radius 2 is 1.89 bits per heavy atom. The molecule has 0 saturated carbocycles. The number of aliphatic carboxylic acids is 1. The Kier molecular flexibility index (Phi) is 6.87. The van der Waals surface area contributed by atoms with Gasteiger partial charge in [0, 0.05) is 18.2 Å². The van der Waals surface area contributed by atoms with E-state index in [1.54, 1.807) is 36.4 Å². The first-order chi connectivity index (χ1) is 12.9. The van der Waals surface area contributed by atoms with E-state index in [9.17, 15) is 19.7 Å². The maximum Gasteiger partial charge on any atom is 0.305 e. The summed E-state index contributed by atoms with van der Waals surface area (Å²) in [5.74, 6) is -0.715. The van der Waals surface area contributed by atoms with Crippen LogP contribution in [0.2, 0.25) is 0 Å². The first-order valence-corrected chi connectivity index (χ1v) is 8.25. The SMILES string of the molecule is COc1cccc(CC(=O)N[C@H](CC(=O)O)Cc2ccc([N+](=O)[O-])cc2)c1. The van der Waals surface area contributed by atoms with Crippen LogP contribution in [-0.2, 0) is 22.4 Å². The molecule has 0 aromatic heterocycles. The van der Waals surface area contributed by atoms with Gasteiger partial charge in [-0.1, -0.05) is 24.3 Å². The number of rotatable bonds is 9. The smallest absolute Gasteiger partial charge is 0.305 e. The first-order valence-electron chi connectivity index (χ1n) is 8.25. The highest BCUT2D eigenvalue weighted by Gasteiger charge is 2.17. The van der Waals surface area contributed by atoms with Gasteiger partial charge >= 0.3 is 5.97 Å². The minimum absolute atomic E-state index is 0.0457. The number of nitro groups is 1. The summed E-state index contributed by atoms with van der Waals surface area (Å²) in [4.78, 5) is 33.6. The van der Waals surface area contributed by atoms with Crippen molar-refractivity contribution in [2.24, 2.45) is 0 Å². The molecule has 2 rings (SSSR count). The van der Waals surface area contributed by atoms with Gasteiger partial charge in [0.1, 0.15) is 5.75 Å². The van der Waals surface area contributed by atoms with Crippen LogP contribution in [0.5, 0.6) is 5.75 Å². The van der Waals surface area contributed by atoms with Crippen molar-refractivity contribution in [2.75, 3.05) is 7.11 Å². The van der Waals surface area contributed by atoms with Crippen molar-refractivity contribution in [3.05, 3.63) is 69.8 Å². The van der Waals surface area contributed by atoms with Crippen LogP contribution in [0.25, 0.3) is 0 Å². The predicted octanol–water partition coefficient (Wildman–Crippen LogP) is 2.35. The van der Waals surface area contributed by atoms with Gasteiger partial charge in [-0.05, 0) is 29.7 Å². The molecular weight excluding hydrogens is 352 g/mol. The fourth-order valence-electron chi connectivity index (χ4n) is 2.67. The van der Waals surface area contributed by atoms with Crippen molar-refractivity contribution in [1.29, 1.82) is 0 Å². The third kappa shape index (κ3) is 6.43.